The van der Waals surface area contributed by atoms with Crippen LogP contribution in [0.3, 0.4) is 0 Å². The number of allylic oxidation sites excluding steroid dienone is 2. The predicted molar refractivity (Wildman–Crippen MR) is 43.8 cm³/mol. The Morgan fingerprint density at radius 2 is 2.10 bits per heavy atom. The van der Waals surface area contributed by atoms with Crippen LogP contribution in [0.5, 0.6) is 0 Å². The maximum atomic E-state index is 2.52. The molecule has 0 spiro atoms. The summed E-state index contributed by atoms with van der Waals surface area (Å²) in [6.45, 7) is 2.29. The molecule has 0 heteroatoms. The zero-order valence-electron chi connectivity index (χ0n) is 6.77. The molecule has 10 heavy (non-hydrogen) atoms. The Labute approximate surface area is 63.3 Å². The third kappa shape index (κ3) is 1.00. The molecule has 0 aromatic heterocycles. The van der Waals surface area contributed by atoms with E-state index in [1.54, 1.807) is 5.57 Å². The first-order valence-electron chi connectivity index (χ1n) is 4.53. The molecule has 0 radical (unpaired) electrons. The summed E-state index contributed by atoms with van der Waals surface area (Å²) in [5.41, 5.74) is 1.65. The fourth-order valence-corrected chi connectivity index (χ4v) is 2.56. The van der Waals surface area contributed by atoms with Gasteiger partial charge in [-0.25, -0.2) is 0 Å². The van der Waals surface area contributed by atoms with Gasteiger partial charge in [-0.1, -0.05) is 24.5 Å². The van der Waals surface area contributed by atoms with Gasteiger partial charge in [0.2, 0.25) is 0 Å². The van der Waals surface area contributed by atoms with Crippen molar-refractivity contribution in [2.24, 2.45) is 11.8 Å². The largest absolute Gasteiger partial charge is 0.0822 e. The van der Waals surface area contributed by atoms with Gasteiger partial charge in [0.05, 0.1) is 0 Å². The summed E-state index contributed by atoms with van der Waals surface area (Å²) in [4.78, 5) is 0. The molecule has 2 aliphatic carbocycles. The molecule has 0 nitrogen and oxygen atoms in total. The van der Waals surface area contributed by atoms with Crippen molar-refractivity contribution in [3.8, 4) is 0 Å². The van der Waals surface area contributed by atoms with Crippen LogP contribution in [0.1, 0.15) is 39.0 Å². The lowest BCUT2D eigenvalue weighted by atomic mass is 9.81. The maximum absolute atomic E-state index is 2.52. The molecular formula is C10H16. The van der Waals surface area contributed by atoms with Gasteiger partial charge in [-0.05, 0) is 38.0 Å². The number of hydrogen-bond donors (Lipinski definition) is 0. The van der Waals surface area contributed by atoms with Crippen LogP contribution in [0.4, 0.5) is 0 Å². The van der Waals surface area contributed by atoms with E-state index in [9.17, 15) is 0 Å². The van der Waals surface area contributed by atoms with Gasteiger partial charge in [0, 0.05) is 0 Å². The molecule has 0 bridgehead atoms. The van der Waals surface area contributed by atoms with Crippen LogP contribution >= 0.6 is 0 Å². The molecule has 0 amide bonds. The lowest BCUT2D eigenvalue weighted by Gasteiger charge is -2.24. The second-order valence-corrected chi connectivity index (χ2v) is 3.93. The highest BCUT2D eigenvalue weighted by Gasteiger charge is 2.27. The van der Waals surface area contributed by atoms with Crippen LogP contribution in [0.15, 0.2) is 11.6 Å². The second-order valence-electron chi connectivity index (χ2n) is 3.93. The summed E-state index contributed by atoms with van der Waals surface area (Å²) in [6, 6.07) is 0. The van der Waals surface area contributed by atoms with Crippen LogP contribution in [0.25, 0.3) is 0 Å². The molecule has 0 unspecified atom stereocenters. The molecule has 2 atom stereocenters. The highest BCUT2D eigenvalue weighted by atomic mass is 14.3. The van der Waals surface area contributed by atoms with E-state index in [-0.39, 0.29) is 0 Å². The standard InChI is InChI=1S/C10H16/c1-8-6-9-4-2-3-5-10(9)7-8/h6,9-10H,2-5,7H2,1H3/t9-,10+/m0/s1. The summed E-state index contributed by atoms with van der Waals surface area (Å²) in [5, 5.41) is 0. The van der Waals surface area contributed by atoms with Crippen LogP contribution in [-0.2, 0) is 0 Å². The lowest BCUT2D eigenvalue weighted by Crippen LogP contribution is -2.12. The molecule has 0 aromatic rings. The molecule has 1 saturated carbocycles. The molecule has 0 aliphatic heterocycles. The molecule has 0 saturated heterocycles. The molecule has 2 aliphatic rings. The van der Waals surface area contributed by atoms with E-state index in [0.717, 1.165) is 11.8 Å². The third-order valence-corrected chi connectivity index (χ3v) is 3.05. The van der Waals surface area contributed by atoms with E-state index in [4.69, 9.17) is 0 Å². The molecule has 56 valence electrons. The Hall–Kier alpha value is -0.260. The van der Waals surface area contributed by atoms with E-state index in [1.807, 2.05) is 0 Å². The average Bonchev–Trinajstić information content (AvgIpc) is 2.27. The predicted octanol–water partition coefficient (Wildman–Crippen LogP) is 3.14. The Kier molecular flexibility index (Phi) is 1.55. The smallest absolute Gasteiger partial charge is 0.0200 e. The van der Waals surface area contributed by atoms with E-state index < -0.39 is 0 Å². The van der Waals surface area contributed by atoms with Crippen LogP contribution < -0.4 is 0 Å². The fraction of sp³-hybridized carbons (Fsp3) is 0.800. The molecule has 0 heterocycles. The molecular weight excluding hydrogens is 120 g/mol. The normalized spacial score (nSPS) is 39.1. The number of fused-ring (bicyclic) bond motifs is 1. The first kappa shape index (κ1) is 6.45. The van der Waals surface area contributed by atoms with Crippen molar-refractivity contribution in [1.82, 2.24) is 0 Å². The summed E-state index contributed by atoms with van der Waals surface area (Å²) in [7, 11) is 0. The first-order valence-corrected chi connectivity index (χ1v) is 4.53. The Morgan fingerprint density at radius 3 is 2.90 bits per heavy atom. The van der Waals surface area contributed by atoms with Crippen molar-refractivity contribution in [2.75, 3.05) is 0 Å². The van der Waals surface area contributed by atoms with E-state index in [0.29, 0.717) is 0 Å². The fourth-order valence-electron chi connectivity index (χ4n) is 2.56. The van der Waals surface area contributed by atoms with Crippen LogP contribution in [-0.4, -0.2) is 0 Å². The van der Waals surface area contributed by atoms with Crippen molar-refractivity contribution in [3.63, 3.8) is 0 Å². The molecule has 1 fully saturated rings. The minimum Gasteiger partial charge on any atom is -0.0822 e. The van der Waals surface area contributed by atoms with Crippen molar-refractivity contribution in [3.05, 3.63) is 11.6 Å². The van der Waals surface area contributed by atoms with Gasteiger partial charge in [-0.15, -0.1) is 0 Å². The van der Waals surface area contributed by atoms with E-state index in [2.05, 4.69) is 13.0 Å². The Morgan fingerprint density at radius 1 is 1.30 bits per heavy atom. The maximum Gasteiger partial charge on any atom is -0.0200 e. The zero-order valence-corrected chi connectivity index (χ0v) is 6.77. The molecule has 0 aromatic carbocycles. The summed E-state index contributed by atoms with van der Waals surface area (Å²) in [5.74, 6) is 2.03. The van der Waals surface area contributed by atoms with Crippen LogP contribution in [0.2, 0.25) is 0 Å². The molecule has 2 rings (SSSR count). The summed E-state index contributed by atoms with van der Waals surface area (Å²) in [6.07, 6.45) is 9.86. The number of hydrogen-bond acceptors (Lipinski definition) is 0. The van der Waals surface area contributed by atoms with Gasteiger partial charge in [0.1, 0.15) is 0 Å². The average molecular weight is 136 g/mol. The zero-order chi connectivity index (χ0) is 6.97. The van der Waals surface area contributed by atoms with Crippen molar-refractivity contribution in [1.29, 1.82) is 0 Å². The van der Waals surface area contributed by atoms with Crippen molar-refractivity contribution >= 4 is 0 Å². The minimum absolute atomic E-state index is 0.980. The van der Waals surface area contributed by atoms with E-state index >= 15 is 0 Å². The van der Waals surface area contributed by atoms with Gasteiger partial charge in [-0.3, -0.25) is 0 Å². The van der Waals surface area contributed by atoms with E-state index in [1.165, 1.54) is 32.1 Å². The van der Waals surface area contributed by atoms with Gasteiger partial charge in [0.15, 0.2) is 0 Å². The van der Waals surface area contributed by atoms with Gasteiger partial charge in [0.25, 0.3) is 0 Å². The van der Waals surface area contributed by atoms with Crippen LogP contribution in [0, 0.1) is 11.8 Å². The topological polar surface area (TPSA) is 0 Å². The highest BCUT2D eigenvalue weighted by molar-refractivity contribution is 5.12. The molecule has 0 N–H and O–H groups in total. The third-order valence-electron chi connectivity index (χ3n) is 3.05. The SMILES string of the molecule is CC1=C[C@@H]2CCCC[C@@H]2C1. The minimum atomic E-state index is 0.980. The highest BCUT2D eigenvalue weighted by Crippen LogP contribution is 2.40. The Bertz CT molecular complexity index is 155. The lowest BCUT2D eigenvalue weighted by molar-refractivity contribution is 0.303. The van der Waals surface area contributed by atoms with Crippen molar-refractivity contribution < 1.29 is 0 Å². The summed E-state index contributed by atoms with van der Waals surface area (Å²) >= 11 is 0. The van der Waals surface area contributed by atoms with Crippen molar-refractivity contribution in [2.45, 2.75) is 39.0 Å². The summed E-state index contributed by atoms with van der Waals surface area (Å²) < 4.78 is 0. The Balaban J connectivity index is 2.06. The second kappa shape index (κ2) is 2.41. The van der Waals surface area contributed by atoms with Gasteiger partial charge < -0.3 is 0 Å². The van der Waals surface area contributed by atoms with Gasteiger partial charge in [-0.2, -0.15) is 0 Å². The quantitative estimate of drug-likeness (QED) is 0.449. The number of rotatable bonds is 0. The monoisotopic (exact) mass is 136 g/mol. The first-order chi connectivity index (χ1) is 4.86. The van der Waals surface area contributed by atoms with Gasteiger partial charge >= 0.3 is 0 Å².